The third kappa shape index (κ3) is 6.79. The molecule has 19 heavy (non-hydrogen) atoms. The molecule has 2 N–H and O–H groups in total. The highest BCUT2D eigenvalue weighted by atomic mass is 127. The second-order valence-corrected chi connectivity index (χ2v) is 5.21. The smallest absolute Gasteiger partial charge is 0.191 e. The molecule has 1 aliphatic rings. The number of aliphatic imine (C=N–C) groups is 1. The highest BCUT2D eigenvalue weighted by Gasteiger charge is 2.20. The van der Waals surface area contributed by atoms with Crippen molar-refractivity contribution in [2.24, 2.45) is 4.99 Å². The summed E-state index contributed by atoms with van der Waals surface area (Å²) in [6.07, 6.45) is 5.03. The summed E-state index contributed by atoms with van der Waals surface area (Å²) in [6, 6.07) is 1.12. The Kier molecular flexibility index (Phi) is 10.7. The number of guanidine groups is 1. The molecule has 1 aliphatic heterocycles. The molecule has 0 aromatic heterocycles. The van der Waals surface area contributed by atoms with Gasteiger partial charge in [-0.25, -0.2) is 0 Å². The van der Waals surface area contributed by atoms with Gasteiger partial charge in [-0.3, -0.25) is 9.89 Å². The van der Waals surface area contributed by atoms with Crippen LogP contribution in [0.25, 0.3) is 0 Å². The average Bonchev–Trinajstić information content (AvgIpc) is 2.91. The van der Waals surface area contributed by atoms with Gasteiger partial charge in [0.05, 0.1) is 0 Å². The lowest BCUT2D eigenvalue weighted by atomic mass is 10.2. The van der Waals surface area contributed by atoms with Gasteiger partial charge in [0.25, 0.3) is 0 Å². The van der Waals surface area contributed by atoms with Gasteiger partial charge >= 0.3 is 0 Å². The molecule has 0 amide bonds. The van der Waals surface area contributed by atoms with Crippen LogP contribution < -0.4 is 10.6 Å². The standard InChI is InChI=1S/C14H30N4.HI/c1-5-12(3)17-14(15-4)16-11-13(6-2)18-9-7-8-10-18;/h12-13H,5-11H2,1-4H3,(H2,15,16,17);1H. The van der Waals surface area contributed by atoms with Gasteiger partial charge in [-0.2, -0.15) is 0 Å². The second kappa shape index (κ2) is 10.7. The van der Waals surface area contributed by atoms with Crippen LogP contribution in [0.2, 0.25) is 0 Å². The Morgan fingerprint density at radius 1 is 1.21 bits per heavy atom. The number of hydrogen-bond donors (Lipinski definition) is 2. The van der Waals surface area contributed by atoms with E-state index in [-0.39, 0.29) is 24.0 Å². The van der Waals surface area contributed by atoms with Crippen molar-refractivity contribution in [3.05, 3.63) is 0 Å². The van der Waals surface area contributed by atoms with Crippen LogP contribution in [0, 0.1) is 0 Å². The molecule has 0 aromatic rings. The average molecular weight is 382 g/mol. The first-order chi connectivity index (χ1) is 8.71. The van der Waals surface area contributed by atoms with Crippen LogP contribution >= 0.6 is 24.0 Å². The van der Waals surface area contributed by atoms with E-state index in [2.05, 4.69) is 41.3 Å². The fraction of sp³-hybridized carbons (Fsp3) is 0.929. The normalized spacial score (nSPS) is 19.7. The number of likely N-dealkylation sites (tertiary alicyclic amines) is 1. The monoisotopic (exact) mass is 382 g/mol. The molecule has 0 saturated carbocycles. The largest absolute Gasteiger partial charge is 0.355 e. The molecule has 0 aliphatic carbocycles. The molecule has 2 unspecified atom stereocenters. The molecule has 0 spiro atoms. The van der Waals surface area contributed by atoms with Gasteiger partial charge in [-0.1, -0.05) is 13.8 Å². The zero-order valence-corrected chi connectivity index (χ0v) is 15.2. The van der Waals surface area contributed by atoms with Crippen LogP contribution in [-0.4, -0.2) is 49.6 Å². The van der Waals surface area contributed by atoms with E-state index in [9.17, 15) is 0 Å². The van der Waals surface area contributed by atoms with Gasteiger partial charge in [-0.05, 0) is 45.7 Å². The molecule has 2 atom stereocenters. The summed E-state index contributed by atoms with van der Waals surface area (Å²) in [4.78, 5) is 6.89. The lowest BCUT2D eigenvalue weighted by molar-refractivity contribution is 0.236. The molecule has 1 rings (SSSR count). The Labute approximate surface area is 135 Å². The van der Waals surface area contributed by atoms with Gasteiger partial charge in [0, 0.05) is 25.7 Å². The van der Waals surface area contributed by atoms with E-state index >= 15 is 0 Å². The van der Waals surface area contributed by atoms with Crippen molar-refractivity contribution in [2.45, 2.75) is 58.5 Å². The van der Waals surface area contributed by atoms with E-state index in [0.29, 0.717) is 12.1 Å². The zero-order chi connectivity index (χ0) is 13.4. The lowest BCUT2D eigenvalue weighted by Gasteiger charge is -2.27. The van der Waals surface area contributed by atoms with Gasteiger partial charge in [0.1, 0.15) is 0 Å². The molecule has 1 fully saturated rings. The van der Waals surface area contributed by atoms with E-state index in [1.165, 1.54) is 32.4 Å². The number of hydrogen-bond acceptors (Lipinski definition) is 2. The summed E-state index contributed by atoms with van der Waals surface area (Å²) in [5.74, 6) is 0.932. The maximum atomic E-state index is 4.28. The Balaban J connectivity index is 0.00000324. The van der Waals surface area contributed by atoms with Crippen LogP contribution in [0.15, 0.2) is 4.99 Å². The zero-order valence-electron chi connectivity index (χ0n) is 12.9. The summed E-state index contributed by atoms with van der Waals surface area (Å²) >= 11 is 0. The maximum absolute atomic E-state index is 4.28. The molecule has 1 heterocycles. The minimum absolute atomic E-state index is 0. The molecule has 4 nitrogen and oxygen atoms in total. The van der Waals surface area contributed by atoms with E-state index in [4.69, 9.17) is 0 Å². The number of halogens is 1. The summed E-state index contributed by atoms with van der Waals surface area (Å²) in [6.45, 7) is 10.2. The van der Waals surface area contributed by atoms with Crippen LogP contribution in [-0.2, 0) is 0 Å². The van der Waals surface area contributed by atoms with Gasteiger partial charge in [0.15, 0.2) is 5.96 Å². The first-order valence-corrected chi connectivity index (χ1v) is 7.42. The van der Waals surface area contributed by atoms with Crippen molar-refractivity contribution >= 4 is 29.9 Å². The van der Waals surface area contributed by atoms with Crippen LogP contribution in [0.1, 0.15) is 46.5 Å². The van der Waals surface area contributed by atoms with Crippen molar-refractivity contribution in [3.8, 4) is 0 Å². The first-order valence-electron chi connectivity index (χ1n) is 7.42. The summed E-state index contributed by atoms with van der Waals surface area (Å²) in [5.41, 5.74) is 0. The third-order valence-electron chi connectivity index (χ3n) is 3.85. The molecule has 0 aromatic carbocycles. The van der Waals surface area contributed by atoms with E-state index in [1.807, 2.05) is 7.05 Å². The van der Waals surface area contributed by atoms with Crippen molar-refractivity contribution in [1.29, 1.82) is 0 Å². The molecule has 114 valence electrons. The molecule has 0 radical (unpaired) electrons. The van der Waals surface area contributed by atoms with Crippen LogP contribution in [0.3, 0.4) is 0 Å². The quantitative estimate of drug-likeness (QED) is 0.421. The van der Waals surface area contributed by atoms with Gasteiger partial charge < -0.3 is 10.6 Å². The second-order valence-electron chi connectivity index (χ2n) is 5.21. The highest BCUT2D eigenvalue weighted by Crippen LogP contribution is 2.13. The molecule has 1 saturated heterocycles. The first kappa shape index (κ1) is 19.0. The van der Waals surface area contributed by atoms with Gasteiger partial charge in [0.2, 0.25) is 0 Å². The fourth-order valence-electron chi connectivity index (χ4n) is 2.38. The summed E-state index contributed by atoms with van der Waals surface area (Å²) < 4.78 is 0. The number of rotatable bonds is 6. The Hall–Kier alpha value is -0.0400. The Morgan fingerprint density at radius 2 is 1.84 bits per heavy atom. The molecular weight excluding hydrogens is 351 g/mol. The number of nitrogens with one attached hydrogen (secondary N) is 2. The fourth-order valence-corrected chi connectivity index (χ4v) is 2.38. The topological polar surface area (TPSA) is 39.7 Å². The summed E-state index contributed by atoms with van der Waals surface area (Å²) in [5, 5.41) is 6.87. The van der Waals surface area contributed by atoms with Gasteiger partial charge in [-0.15, -0.1) is 24.0 Å². The van der Waals surface area contributed by atoms with E-state index < -0.39 is 0 Å². The Bertz CT molecular complexity index is 252. The van der Waals surface area contributed by atoms with E-state index in [0.717, 1.165) is 18.9 Å². The van der Waals surface area contributed by atoms with Crippen LogP contribution in [0.5, 0.6) is 0 Å². The minimum atomic E-state index is 0. The number of nitrogens with zero attached hydrogens (tertiary/aromatic N) is 2. The van der Waals surface area contributed by atoms with Crippen LogP contribution in [0.4, 0.5) is 0 Å². The predicted molar refractivity (Wildman–Crippen MR) is 94.6 cm³/mol. The van der Waals surface area contributed by atoms with Crippen molar-refractivity contribution < 1.29 is 0 Å². The Morgan fingerprint density at radius 3 is 2.32 bits per heavy atom. The van der Waals surface area contributed by atoms with Crippen molar-refractivity contribution in [2.75, 3.05) is 26.7 Å². The minimum Gasteiger partial charge on any atom is -0.355 e. The molecule has 0 bridgehead atoms. The highest BCUT2D eigenvalue weighted by molar-refractivity contribution is 14.0. The maximum Gasteiger partial charge on any atom is 0.191 e. The third-order valence-corrected chi connectivity index (χ3v) is 3.85. The molecule has 5 heteroatoms. The predicted octanol–water partition coefficient (Wildman–Crippen LogP) is 2.44. The van der Waals surface area contributed by atoms with E-state index in [1.54, 1.807) is 0 Å². The SMILES string of the molecule is CCC(C)NC(=NC)NCC(CC)N1CCCC1.I. The van der Waals surface area contributed by atoms with Crippen molar-refractivity contribution in [3.63, 3.8) is 0 Å². The van der Waals surface area contributed by atoms with Crippen molar-refractivity contribution in [1.82, 2.24) is 15.5 Å². The summed E-state index contributed by atoms with van der Waals surface area (Å²) in [7, 11) is 1.84. The lowest BCUT2D eigenvalue weighted by Crippen LogP contribution is -2.48. The molecular formula is C14H31IN4.